The number of phenolic OH excluding ortho intramolecular Hbond substituents is 1. The van der Waals surface area contributed by atoms with E-state index in [0.29, 0.717) is 5.75 Å². The fourth-order valence-corrected chi connectivity index (χ4v) is 4.27. The number of benzene rings is 2. The van der Waals surface area contributed by atoms with Crippen LogP contribution in [0.5, 0.6) is 5.75 Å². The first-order chi connectivity index (χ1) is 10.5. The van der Waals surface area contributed by atoms with Crippen molar-refractivity contribution >= 4 is 0 Å². The average molecular weight is 294 g/mol. The highest BCUT2D eigenvalue weighted by Crippen LogP contribution is 2.55. The molecule has 0 fully saturated rings. The summed E-state index contributed by atoms with van der Waals surface area (Å²) in [7, 11) is 0. The van der Waals surface area contributed by atoms with Crippen molar-refractivity contribution in [3.05, 3.63) is 52.6 Å². The van der Waals surface area contributed by atoms with E-state index in [1.807, 2.05) is 13.0 Å². The molecule has 0 aliphatic heterocycles. The van der Waals surface area contributed by atoms with E-state index in [0.717, 1.165) is 5.56 Å². The smallest absolute Gasteiger partial charge is 0.119 e. The highest BCUT2D eigenvalue weighted by atomic mass is 16.3. The molecule has 1 heteroatoms. The van der Waals surface area contributed by atoms with Crippen LogP contribution in [0.2, 0.25) is 0 Å². The van der Waals surface area contributed by atoms with Gasteiger partial charge in [0.05, 0.1) is 0 Å². The van der Waals surface area contributed by atoms with Crippen LogP contribution in [-0.2, 0) is 5.41 Å². The number of hydrogen-bond acceptors (Lipinski definition) is 1. The molecular weight excluding hydrogens is 268 g/mol. The second kappa shape index (κ2) is 5.46. The Hall–Kier alpha value is -1.76. The lowest BCUT2D eigenvalue weighted by Crippen LogP contribution is -2.25. The molecule has 1 aliphatic rings. The maximum Gasteiger partial charge on any atom is 0.119 e. The lowest BCUT2D eigenvalue weighted by Gasteiger charge is -2.32. The second-order valence-corrected chi connectivity index (χ2v) is 6.82. The minimum atomic E-state index is 0.124. The Balaban J connectivity index is 2.35. The molecule has 116 valence electrons. The summed E-state index contributed by atoms with van der Waals surface area (Å²) in [5, 5.41) is 10.2. The zero-order valence-electron chi connectivity index (χ0n) is 14.2. The van der Waals surface area contributed by atoms with Crippen LogP contribution in [0.1, 0.15) is 61.8 Å². The Morgan fingerprint density at radius 3 is 2.14 bits per heavy atom. The summed E-state index contributed by atoms with van der Waals surface area (Å²) in [4.78, 5) is 0. The number of aryl methyl sites for hydroxylation is 2. The van der Waals surface area contributed by atoms with Crippen molar-refractivity contribution in [1.82, 2.24) is 0 Å². The molecule has 0 bridgehead atoms. The Labute approximate surface area is 134 Å². The SMILES string of the molecule is CCCC1(CCC)c2cc(C)ccc2-c2cc(O)c(C)cc21. The van der Waals surface area contributed by atoms with Crippen LogP contribution in [0, 0.1) is 13.8 Å². The first-order valence-electron chi connectivity index (χ1n) is 8.49. The van der Waals surface area contributed by atoms with E-state index in [2.05, 4.69) is 45.0 Å². The van der Waals surface area contributed by atoms with Gasteiger partial charge in [0, 0.05) is 5.41 Å². The van der Waals surface area contributed by atoms with Crippen molar-refractivity contribution < 1.29 is 5.11 Å². The third-order valence-corrected chi connectivity index (χ3v) is 5.19. The molecule has 0 spiro atoms. The fraction of sp³-hybridized carbons (Fsp3) is 0.429. The van der Waals surface area contributed by atoms with Crippen molar-refractivity contribution in [3.8, 4) is 16.9 Å². The standard InChI is InChI=1S/C21H26O/c1-5-9-21(10-6-2)18-11-14(3)7-8-16(18)17-13-20(22)15(4)12-19(17)21/h7-8,11-13,22H,5-6,9-10H2,1-4H3. The molecule has 0 radical (unpaired) electrons. The van der Waals surface area contributed by atoms with Gasteiger partial charge in [-0.25, -0.2) is 0 Å². The molecule has 0 saturated carbocycles. The molecule has 0 atom stereocenters. The van der Waals surface area contributed by atoms with Crippen molar-refractivity contribution in [2.24, 2.45) is 0 Å². The van der Waals surface area contributed by atoms with Crippen LogP contribution in [0.15, 0.2) is 30.3 Å². The molecule has 0 unspecified atom stereocenters. The molecule has 1 N–H and O–H groups in total. The second-order valence-electron chi connectivity index (χ2n) is 6.82. The quantitative estimate of drug-likeness (QED) is 0.747. The molecule has 1 nitrogen and oxygen atoms in total. The minimum Gasteiger partial charge on any atom is -0.508 e. The zero-order chi connectivity index (χ0) is 15.9. The predicted octanol–water partition coefficient (Wildman–Crippen LogP) is 5.88. The van der Waals surface area contributed by atoms with Crippen LogP contribution < -0.4 is 0 Å². The number of phenols is 1. The van der Waals surface area contributed by atoms with E-state index < -0.39 is 0 Å². The van der Waals surface area contributed by atoms with E-state index in [9.17, 15) is 5.11 Å². The van der Waals surface area contributed by atoms with Crippen LogP contribution in [-0.4, -0.2) is 5.11 Å². The Morgan fingerprint density at radius 2 is 1.50 bits per heavy atom. The third kappa shape index (κ3) is 2.06. The minimum absolute atomic E-state index is 0.124. The van der Waals surface area contributed by atoms with Crippen LogP contribution in [0.3, 0.4) is 0 Å². The normalized spacial score (nSPS) is 14.7. The van der Waals surface area contributed by atoms with Gasteiger partial charge in [-0.3, -0.25) is 0 Å². The molecule has 2 aromatic carbocycles. The van der Waals surface area contributed by atoms with Crippen molar-refractivity contribution in [2.75, 3.05) is 0 Å². The largest absolute Gasteiger partial charge is 0.508 e. The topological polar surface area (TPSA) is 20.2 Å². The Kier molecular flexibility index (Phi) is 3.76. The van der Waals surface area contributed by atoms with E-state index >= 15 is 0 Å². The lowest BCUT2D eigenvalue weighted by atomic mass is 9.71. The predicted molar refractivity (Wildman–Crippen MR) is 93.6 cm³/mol. The van der Waals surface area contributed by atoms with Gasteiger partial charge in [-0.15, -0.1) is 0 Å². The first-order valence-corrected chi connectivity index (χ1v) is 8.49. The van der Waals surface area contributed by atoms with Gasteiger partial charge in [0.15, 0.2) is 0 Å². The average Bonchev–Trinajstić information content (AvgIpc) is 2.71. The lowest BCUT2D eigenvalue weighted by molar-refractivity contribution is 0.433. The van der Waals surface area contributed by atoms with Gasteiger partial charge in [0.25, 0.3) is 0 Å². The van der Waals surface area contributed by atoms with Gasteiger partial charge in [-0.05, 0) is 60.6 Å². The highest BCUT2D eigenvalue weighted by molar-refractivity contribution is 5.82. The first kappa shape index (κ1) is 15.1. The molecule has 0 aromatic heterocycles. The van der Waals surface area contributed by atoms with Gasteiger partial charge in [-0.1, -0.05) is 56.5 Å². The van der Waals surface area contributed by atoms with Gasteiger partial charge in [0.1, 0.15) is 5.75 Å². The van der Waals surface area contributed by atoms with E-state index in [-0.39, 0.29) is 5.41 Å². The summed E-state index contributed by atoms with van der Waals surface area (Å²) < 4.78 is 0. The summed E-state index contributed by atoms with van der Waals surface area (Å²) in [5.41, 5.74) is 7.88. The fourth-order valence-electron chi connectivity index (χ4n) is 4.27. The van der Waals surface area contributed by atoms with Gasteiger partial charge >= 0.3 is 0 Å². The van der Waals surface area contributed by atoms with Crippen LogP contribution in [0.25, 0.3) is 11.1 Å². The highest BCUT2D eigenvalue weighted by Gasteiger charge is 2.42. The summed E-state index contributed by atoms with van der Waals surface area (Å²) in [6.07, 6.45) is 4.70. The van der Waals surface area contributed by atoms with E-state index in [4.69, 9.17) is 0 Å². The van der Waals surface area contributed by atoms with Crippen molar-refractivity contribution in [1.29, 1.82) is 0 Å². The number of rotatable bonds is 4. The molecule has 0 heterocycles. The number of aromatic hydroxyl groups is 1. The maximum absolute atomic E-state index is 10.2. The van der Waals surface area contributed by atoms with Gasteiger partial charge in [-0.2, -0.15) is 0 Å². The molecule has 0 saturated heterocycles. The van der Waals surface area contributed by atoms with Gasteiger partial charge < -0.3 is 5.11 Å². The monoisotopic (exact) mass is 294 g/mol. The van der Waals surface area contributed by atoms with E-state index in [1.54, 1.807) is 0 Å². The number of fused-ring (bicyclic) bond motifs is 3. The molecule has 0 amide bonds. The number of hydrogen-bond donors (Lipinski definition) is 1. The summed E-state index contributed by atoms with van der Waals surface area (Å²) in [6, 6.07) is 11.0. The molecule has 1 aliphatic carbocycles. The van der Waals surface area contributed by atoms with Gasteiger partial charge in [0.2, 0.25) is 0 Å². The maximum atomic E-state index is 10.2. The molecule has 3 rings (SSSR count). The molecule has 2 aromatic rings. The van der Waals surface area contributed by atoms with E-state index in [1.165, 1.54) is 53.5 Å². The third-order valence-electron chi connectivity index (χ3n) is 5.19. The summed E-state index contributed by atoms with van der Waals surface area (Å²) in [5.74, 6) is 0.411. The summed E-state index contributed by atoms with van der Waals surface area (Å²) in [6.45, 7) is 8.73. The molecule has 22 heavy (non-hydrogen) atoms. The van der Waals surface area contributed by atoms with Crippen molar-refractivity contribution in [2.45, 2.75) is 58.8 Å². The Morgan fingerprint density at radius 1 is 0.864 bits per heavy atom. The van der Waals surface area contributed by atoms with Crippen LogP contribution in [0.4, 0.5) is 0 Å². The van der Waals surface area contributed by atoms with Crippen molar-refractivity contribution in [3.63, 3.8) is 0 Å². The summed E-state index contributed by atoms with van der Waals surface area (Å²) >= 11 is 0. The zero-order valence-corrected chi connectivity index (χ0v) is 14.2. The molecular formula is C21H26O. The Bertz CT molecular complexity index is 706. The van der Waals surface area contributed by atoms with Crippen LogP contribution >= 0.6 is 0 Å².